The quantitative estimate of drug-likeness (QED) is 0.659. The van der Waals surface area contributed by atoms with E-state index in [9.17, 15) is 0 Å². The summed E-state index contributed by atoms with van der Waals surface area (Å²) in [5.41, 5.74) is 2.96. The van der Waals surface area contributed by atoms with Crippen molar-refractivity contribution in [3.05, 3.63) is 35.4 Å². The van der Waals surface area contributed by atoms with Gasteiger partial charge in [0.1, 0.15) is 0 Å². The average Bonchev–Trinajstić information content (AvgIpc) is 2.00. The molecule has 1 unspecified atom stereocenters. The second-order valence-electron chi connectivity index (χ2n) is 5.02. The zero-order valence-electron chi connectivity index (χ0n) is 9.21. The highest BCUT2D eigenvalue weighted by molar-refractivity contribution is 5.29. The van der Waals surface area contributed by atoms with Crippen molar-refractivity contribution >= 4 is 0 Å². The Labute approximate surface area is 86.1 Å². The Balaban J connectivity index is 2.17. The standard InChI is InChI=1S/C13H18O/c1-13(2,3)11-6-4-10(5-7-11)12-8-9-14-12/h4-7,12H,8-9H2,1-3H3. The Bertz CT molecular complexity index is 301. The van der Waals surface area contributed by atoms with Gasteiger partial charge >= 0.3 is 0 Å². The fourth-order valence-electron chi connectivity index (χ4n) is 1.70. The van der Waals surface area contributed by atoms with Gasteiger partial charge in [0.05, 0.1) is 12.7 Å². The smallest absolute Gasteiger partial charge is 0.0846 e. The first-order chi connectivity index (χ1) is 6.57. The van der Waals surface area contributed by atoms with Crippen LogP contribution < -0.4 is 0 Å². The summed E-state index contributed by atoms with van der Waals surface area (Å²) in [4.78, 5) is 0. The molecule has 0 radical (unpaired) electrons. The lowest BCUT2D eigenvalue weighted by molar-refractivity contribution is -0.0527. The van der Waals surface area contributed by atoms with Gasteiger partial charge in [0, 0.05) is 6.42 Å². The molecule has 1 nitrogen and oxygen atoms in total. The summed E-state index contributed by atoms with van der Waals surface area (Å²) >= 11 is 0. The van der Waals surface area contributed by atoms with Crippen LogP contribution in [0.3, 0.4) is 0 Å². The minimum Gasteiger partial charge on any atom is -0.373 e. The van der Waals surface area contributed by atoms with Gasteiger partial charge < -0.3 is 4.74 Å². The highest BCUT2D eigenvalue weighted by Crippen LogP contribution is 2.30. The number of rotatable bonds is 1. The molecule has 1 heterocycles. The molecule has 0 bridgehead atoms. The van der Waals surface area contributed by atoms with Crippen molar-refractivity contribution in [2.45, 2.75) is 38.7 Å². The number of benzene rings is 1. The third kappa shape index (κ3) is 1.83. The maximum atomic E-state index is 5.44. The lowest BCUT2D eigenvalue weighted by Crippen LogP contribution is -2.18. The van der Waals surface area contributed by atoms with E-state index in [1.165, 1.54) is 17.5 Å². The van der Waals surface area contributed by atoms with E-state index in [2.05, 4.69) is 45.0 Å². The van der Waals surface area contributed by atoms with Crippen molar-refractivity contribution in [1.82, 2.24) is 0 Å². The van der Waals surface area contributed by atoms with Crippen LogP contribution in [0.2, 0.25) is 0 Å². The molecule has 0 spiro atoms. The number of ether oxygens (including phenoxy) is 1. The molecule has 1 aromatic rings. The van der Waals surface area contributed by atoms with Gasteiger partial charge in [-0.1, -0.05) is 45.0 Å². The summed E-state index contributed by atoms with van der Waals surface area (Å²) in [6.07, 6.45) is 1.54. The van der Waals surface area contributed by atoms with Crippen molar-refractivity contribution in [2.24, 2.45) is 0 Å². The van der Waals surface area contributed by atoms with Crippen molar-refractivity contribution in [2.75, 3.05) is 6.61 Å². The Morgan fingerprint density at radius 3 is 2.07 bits per heavy atom. The lowest BCUT2D eigenvalue weighted by Gasteiger charge is -2.27. The predicted molar refractivity (Wildman–Crippen MR) is 58.5 cm³/mol. The number of hydrogen-bond donors (Lipinski definition) is 0. The molecule has 1 atom stereocenters. The van der Waals surface area contributed by atoms with E-state index in [-0.39, 0.29) is 5.41 Å². The van der Waals surface area contributed by atoms with Crippen LogP contribution in [-0.4, -0.2) is 6.61 Å². The third-order valence-electron chi connectivity index (χ3n) is 2.85. The minimum absolute atomic E-state index is 0.249. The highest BCUT2D eigenvalue weighted by atomic mass is 16.5. The van der Waals surface area contributed by atoms with E-state index >= 15 is 0 Å². The van der Waals surface area contributed by atoms with Crippen molar-refractivity contribution in [1.29, 1.82) is 0 Å². The molecule has 1 aliphatic heterocycles. The average molecular weight is 190 g/mol. The molecular formula is C13H18O. The molecule has 0 N–H and O–H groups in total. The summed E-state index contributed by atoms with van der Waals surface area (Å²) in [7, 11) is 0. The zero-order valence-corrected chi connectivity index (χ0v) is 9.21. The summed E-state index contributed by atoms with van der Waals surface area (Å²) in [6.45, 7) is 7.64. The first-order valence-electron chi connectivity index (χ1n) is 5.29. The molecule has 1 aliphatic rings. The van der Waals surface area contributed by atoms with Crippen LogP contribution >= 0.6 is 0 Å². The molecule has 2 rings (SSSR count). The van der Waals surface area contributed by atoms with Crippen LogP contribution in [0.5, 0.6) is 0 Å². The fourth-order valence-corrected chi connectivity index (χ4v) is 1.70. The monoisotopic (exact) mass is 190 g/mol. The molecule has 0 aliphatic carbocycles. The Morgan fingerprint density at radius 2 is 1.71 bits per heavy atom. The van der Waals surface area contributed by atoms with Gasteiger partial charge in [0.15, 0.2) is 0 Å². The topological polar surface area (TPSA) is 9.23 Å². The molecule has 14 heavy (non-hydrogen) atoms. The van der Waals surface area contributed by atoms with Crippen LogP contribution in [0, 0.1) is 0 Å². The lowest BCUT2D eigenvalue weighted by atomic mass is 9.86. The van der Waals surface area contributed by atoms with Crippen molar-refractivity contribution in [3.63, 3.8) is 0 Å². The summed E-state index contributed by atoms with van der Waals surface area (Å²) in [6, 6.07) is 8.84. The SMILES string of the molecule is CC(C)(C)c1ccc(C2CCO2)cc1. The Hall–Kier alpha value is -0.820. The molecule has 1 fully saturated rings. The van der Waals surface area contributed by atoms with Gasteiger partial charge in [-0.25, -0.2) is 0 Å². The highest BCUT2D eigenvalue weighted by Gasteiger charge is 2.20. The first kappa shape index (κ1) is 9.72. The fraction of sp³-hybridized carbons (Fsp3) is 0.538. The molecule has 0 amide bonds. The van der Waals surface area contributed by atoms with Gasteiger partial charge in [0.25, 0.3) is 0 Å². The Kier molecular flexibility index (Phi) is 2.36. The molecule has 1 heteroatoms. The van der Waals surface area contributed by atoms with E-state index in [0.717, 1.165) is 6.61 Å². The maximum absolute atomic E-state index is 5.44. The summed E-state index contributed by atoms with van der Waals surface area (Å²) in [5, 5.41) is 0. The van der Waals surface area contributed by atoms with E-state index < -0.39 is 0 Å². The normalized spacial score (nSPS) is 21.8. The van der Waals surface area contributed by atoms with Crippen molar-refractivity contribution in [3.8, 4) is 0 Å². The molecule has 0 saturated carbocycles. The van der Waals surface area contributed by atoms with Crippen LogP contribution in [0.4, 0.5) is 0 Å². The zero-order chi connectivity index (χ0) is 10.2. The van der Waals surface area contributed by atoms with Gasteiger partial charge in [-0.2, -0.15) is 0 Å². The van der Waals surface area contributed by atoms with E-state index in [1.54, 1.807) is 0 Å². The molecule has 76 valence electrons. The van der Waals surface area contributed by atoms with E-state index in [1.807, 2.05) is 0 Å². The second kappa shape index (κ2) is 3.39. The van der Waals surface area contributed by atoms with Crippen LogP contribution in [0.25, 0.3) is 0 Å². The molecule has 0 aromatic heterocycles. The predicted octanol–water partition coefficient (Wildman–Crippen LogP) is 3.45. The van der Waals surface area contributed by atoms with Crippen LogP contribution in [-0.2, 0) is 10.2 Å². The number of hydrogen-bond acceptors (Lipinski definition) is 1. The van der Waals surface area contributed by atoms with E-state index in [0.29, 0.717) is 6.10 Å². The van der Waals surface area contributed by atoms with Crippen molar-refractivity contribution < 1.29 is 4.74 Å². The van der Waals surface area contributed by atoms with Gasteiger partial charge in [0.2, 0.25) is 0 Å². The van der Waals surface area contributed by atoms with Gasteiger partial charge in [-0.15, -0.1) is 0 Å². The van der Waals surface area contributed by atoms with Gasteiger partial charge in [-0.05, 0) is 16.5 Å². The minimum atomic E-state index is 0.249. The van der Waals surface area contributed by atoms with Crippen LogP contribution in [0.1, 0.15) is 44.4 Å². The largest absolute Gasteiger partial charge is 0.373 e. The molecular weight excluding hydrogens is 172 g/mol. The summed E-state index contributed by atoms with van der Waals surface area (Å²) in [5.74, 6) is 0. The molecule has 1 aromatic carbocycles. The molecule has 1 saturated heterocycles. The second-order valence-corrected chi connectivity index (χ2v) is 5.02. The summed E-state index contributed by atoms with van der Waals surface area (Å²) < 4.78 is 5.44. The van der Waals surface area contributed by atoms with Crippen LogP contribution in [0.15, 0.2) is 24.3 Å². The third-order valence-corrected chi connectivity index (χ3v) is 2.85. The Morgan fingerprint density at radius 1 is 1.14 bits per heavy atom. The maximum Gasteiger partial charge on any atom is 0.0846 e. The van der Waals surface area contributed by atoms with Gasteiger partial charge in [-0.3, -0.25) is 0 Å². The van der Waals surface area contributed by atoms with E-state index in [4.69, 9.17) is 4.74 Å². The first-order valence-corrected chi connectivity index (χ1v) is 5.29.